The minimum Gasteiger partial charge on any atom is -0.383 e. The Kier molecular flexibility index (Phi) is 6.62. The number of ether oxygens (including phenoxy) is 1. The topological polar surface area (TPSA) is 120 Å². The molecule has 182 valence electrons. The fourth-order valence-corrected chi connectivity index (χ4v) is 4.60. The monoisotopic (exact) mass is 475 g/mol. The van der Waals surface area contributed by atoms with Crippen LogP contribution in [-0.4, -0.2) is 69.4 Å². The highest BCUT2D eigenvalue weighted by Gasteiger charge is 2.37. The second kappa shape index (κ2) is 9.64. The summed E-state index contributed by atoms with van der Waals surface area (Å²) in [7, 11) is 5.26. The number of benzene rings is 1. The van der Waals surface area contributed by atoms with Gasteiger partial charge in [-0.05, 0) is 43.5 Å². The Hall–Kier alpha value is -4.10. The molecule has 2 atom stereocenters. The lowest BCUT2D eigenvalue weighted by molar-refractivity contribution is -0.127. The first-order valence-electron chi connectivity index (χ1n) is 11.3. The standard InChI is InChI=1S/C25H29N7O3/c1-6-22(33)31-13-17(12-18(31)14-35-5)32-25(27-3)23(24(26)34)19(29-32)9-7-16-8-10-21-20(11-16)28-15(2)30(21)4/h6,8,10-11,17-18,27H,1,12-14H2,2-5H3,(H2,26,34)/t17-,18-/m0/s1. The molecule has 0 bridgehead atoms. The highest BCUT2D eigenvalue weighted by Crippen LogP contribution is 2.32. The zero-order valence-electron chi connectivity index (χ0n) is 20.3. The van der Waals surface area contributed by atoms with Crippen molar-refractivity contribution in [2.75, 3.05) is 32.6 Å². The van der Waals surface area contributed by atoms with Crippen molar-refractivity contribution in [3.05, 3.63) is 53.5 Å². The molecular weight excluding hydrogens is 446 g/mol. The van der Waals surface area contributed by atoms with Crippen LogP contribution in [0.5, 0.6) is 0 Å². The number of nitrogens with one attached hydrogen (secondary N) is 1. The van der Waals surface area contributed by atoms with E-state index < -0.39 is 5.91 Å². The largest absolute Gasteiger partial charge is 0.383 e. The number of rotatable bonds is 6. The number of fused-ring (bicyclic) bond motifs is 1. The maximum atomic E-state index is 12.4. The van der Waals surface area contributed by atoms with E-state index in [1.165, 1.54) is 6.08 Å². The summed E-state index contributed by atoms with van der Waals surface area (Å²) in [5.41, 5.74) is 8.82. The third kappa shape index (κ3) is 4.38. The fourth-order valence-electron chi connectivity index (χ4n) is 4.60. The number of carbonyl (C=O) groups excluding carboxylic acids is 2. The summed E-state index contributed by atoms with van der Waals surface area (Å²) in [5.74, 6) is 6.67. The van der Waals surface area contributed by atoms with Gasteiger partial charge in [-0.3, -0.25) is 9.59 Å². The first-order chi connectivity index (χ1) is 16.8. The number of hydrogen-bond donors (Lipinski definition) is 2. The van der Waals surface area contributed by atoms with Crippen LogP contribution in [0.2, 0.25) is 0 Å². The SMILES string of the molecule is C=CC(=O)N1C[C@@H](n2nc(C#Cc3ccc4c(c3)nc(C)n4C)c(C(N)=O)c2NC)C[C@H]1COC. The van der Waals surface area contributed by atoms with Crippen molar-refractivity contribution < 1.29 is 14.3 Å². The summed E-state index contributed by atoms with van der Waals surface area (Å²) in [4.78, 5) is 31.0. The Morgan fingerprint density at radius 3 is 2.80 bits per heavy atom. The molecule has 0 saturated carbocycles. The molecule has 1 saturated heterocycles. The van der Waals surface area contributed by atoms with Crippen LogP contribution >= 0.6 is 0 Å². The first kappa shape index (κ1) is 24.0. The fraction of sp³-hybridized carbons (Fsp3) is 0.360. The van der Waals surface area contributed by atoms with Crippen LogP contribution in [0, 0.1) is 18.8 Å². The molecule has 0 spiro atoms. The highest BCUT2D eigenvalue weighted by molar-refractivity contribution is 6.00. The van der Waals surface area contributed by atoms with Crippen LogP contribution < -0.4 is 11.1 Å². The van der Waals surface area contributed by atoms with E-state index in [0.717, 1.165) is 22.4 Å². The van der Waals surface area contributed by atoms with Crippen molar-refractivity contribution in [2.45, 2.75) is 25.4 Å². The molecule has 0 unspecified atom stereocenters. The Morgan fingerprint density at radius 1 is 1.37 bits per heavy atom. The van der Waals surface area contributed by atoms with Gasteiger partial charge < -0.3 is 25.3 Å². The summed E-state index contributed by atoms with van der Waals surface area (Å²) in [6.45, 7) is 6.33. The Morgan fingerprint density at radius 2 is 2.14 bits per heavy atom. The molecule has 4 rings (SSSR count). The molecule has 0 aliphatic carbocycles. The van der Waals surface area contributed by atoms with Gasteiger partial charge in [0.2, 0.25) is 5.91 Å². The summed E-state index contributed by atoms with van der Waals surface area (Å²) in [6, 6.07) is 5.44. The third-order valence-electron chi connectivity index (χ3n) is 6.38. The summed E-state index contributed by atoms with van der Waals surface area (Å²) in [6.07, 6.45) is 1.89. The van der Waals surface area contributed by atoms with Crippen molar-refractivity contribution in [3.63, 3.8) is 0 Å². The molecule has 10 nitrogen and oxygen atoms in total. The normalized spacial score (nSPS) is 17.3. The predicted octanol–water partition coefficient (Wildman–Crippen LogP) is 1.59. The van der Waals surface area contributed by atoms with Crippen LogP contribution in [0.1, 0.15) is 39.9 Å². The summed E-state index contributed by atoms with van der Waals surface area (Å²) < 4.78 is 9.02. The number of hydrogen-bond acceptors (Lipinski definition) is 6. The van der Waals surface area contributed by atoms with E-state index in [2.05, 4.69) is 33.8 Å². The second-order valence-electron chi connectivity index (χ2n) is 8.50. The average molecular weight is 476 g/mol. The number of primary amides is 1. The molecule has 1 aliphatic heterocycles. The molecule has 35 heavy (non-hydrogen) atoms. The Labute approximate surface area is 203 Å². The lowest BCUT2D eigenvalue weighted by Gasteiger charge is -2.22. The molecule has 3 aromatic rings. The number of likely N-dealkylation sites (tertiary alicyclic amines) is 1. The van der Waals surface area contributed by atoms with Crippen molar-refractivity contribution in [1.29, 1.82) is 0 Å². The van der Waals surface area contributed by atoms with E-state index >= 15 is 0 Å². The number of amides is 2. The molecule has 2 aromatic heterocycles. The van der Waals surface area contributed by atoms with Crippen LogP contribution in [0.25, 0.3) is 11.0 Å². The van der Waals surface area contributed by atoms with E-state index in [-0.39, 0.29) is 29.2 Å². The van der Waals surface area contributed by atoms with Crippen molar-refractivity contribution >= 4 is 28.7 Å². The molecule has 1 fully saturated rings. The number of aromatic nitrogens is 4. The molecule has 2 amide bonds. The second-order valence-corrected chi connectivity index (χ2v) is 8.50. The van der Waals surface area contributed by atoms with Gasteiger partial charge in [0.15, 0.2) is 5.69 Å². The van der Waals surface area contributed by atoms with Gasteiger partial charge in [-0.15, -0.1) is 0 Å². The van der Waals surface area contributed by atoms with Gasteiger partial charge in [0.25, 0.3) is 5.91 Å². The van der Waals surface area contributed by atoms with Gasteiger partial charge in [-0.25, -0.2) is 9.67 Å². The molecule has 10 heteroatoms. The summed E-state index contributed by atoms with van der Waals surface area (Å²) in [5, 5.41) is 7.69. The van der Waals surface area contributed by atoms with Crippen LogP contribution in [-0.2, 0) is 16.6 Å². The molecule has 0 radical (unpaired) electrons. The molecule has 1 aromatic carbocycles. The molecule has 3 heterocycles. The number of anilines is 1. The molecular formula is C25H29N7O3. The predicted molar refractivity (Wildman–Crippen MR) is 133 cm³/mol. The van der Waals surface area contributed by atoms with E-state index in [1.807, 2.05) is 36.7 Å². The third-order valence-corrected chi connectivity index (χ3v) is 6.38. The zero-order chi connectivity index (χ0) is 25.3. The zero-order valence-corrected chi connectivity index (χ0v) is 20.3. The number of methoxy groups -OCH3 is 1. The average Bonchev–Trinajstić information content (AvgIpc) is 3.50. The number of nitrogens with two attached hydrogens (primary N) is 1. The van der Waals surface area contributed by atoms with E-state index in [4.69, 9.17) is 10.5 Å². The smallest absolute Gasteiger partial charge is 0.255 e. The minimum atomic E-state index is -0.633. The van der Waals surface area contributed by atoms with E-state index in [0.29, 0.717) is 25.4 Å². The van der Waals surface area contributed by atoms with Crippen LogP contribution in [0.3, 0.4) is 0 Å². The maximum absolute atomic E-state index is 12.4. The van der Waals surface area contributed by atoms with Crippen molar-refractivity contribution in [1.82, 2.24) is 24.2 Å². The van der Waals surface area contributed by atoms with Gasteiger partial charge in [0.1, 0.15) is 17.2 Å². The number of imidazole rings is 1. The number of aryl methyl sites for hydroxylation is 2. The van der Waals surface area contributed by atoms with Gasteiger partial charge in [0, 0.05) is 33.3 Å². The van der Waals surface area contributed by atoms with Gasteiger partial charge in [-0.2, -0.15) is 5.10 Å². The Balaban J connectivity index is 1.73. The van der Waals surface area contributed by atoms with Gasteiger partial charge in [-0.1, -0.05) is 12.5 Å². The minimum absolute atomic E-state index is 0.135. The van der Waals surface area contributed by atoms with E-state index in [1.54, 1.807) is 23.7 Å². The van der Waals surface area contributed by atoms with Crippen molar-refractivity contribution in [2.24, 2.45) is 12.8 Å². The summed E-state index contributed by atoms with van der Waals surface area (Å²) >= 11 is 0. The molecule has 1 aliphatic rings. The highest BCUT2D eigenvalue weighted by atomic mass is 16.5. The number of nitrogens with zero attached hydrogens (tertiary/aromatic N) is 5. The molecule has 3 N–H and O–H groups in total. The van der Waals surface area contributed by atoms with E-state index in [9.17, 15) is 9.59 Å². The number of carbonyl (C=O) groups is 2. The van der Waals surface area contributed by atoms with Gasteiger partial charge in [0.05, 0.1) is 29.7 Å². The Bertz CT molecular complexity index is 1380. The van der Waals surface area contributed by atoms with Crippen LogP contribution in [0.4, 0.5) is 5.82 Å². The maximum Gasteiger partial charge on any atom is 0.255 e. The quantitative estimate of drug-likeness (QED) is 0.413. The van der Waals surface area contributed by atoms with Crippen molar-refractivity contribution in [3.8, 4) is 11.8 Å². The lowest BCUT2D eigenvalue weighted by Crippen LogP contribution is -2.37. The van der Waals surface area contributed by atoms with Crippen LogP contribution in [0.15, 0.2) is 30.9 Å². The van der Waals surface area contributed by atoms with Gasteiger partial charge >= 0.3 is 0 Å². The first-order valence-corrected chi connectivity index (χ1v) is 11.3. The lowest BCUT2D eigenvalue weighted by atomic mass is 10.1.